The standard InChI is InChI=1S/C13H14N2O4S/c1-18-8-6-14-13(17)10-4-5-11(20-10)15-12(16)9-3-2-7-19-9/h2-5,7H,6,8H2,1H3,(H,14,17)(H,15,16). The van der Waals surface area contributed by atoms with E-state index >= 15 is 0 Å². The topological polar surface area (TPSA) is 80.6 Å². The molecule has 2 amide bonds. The van der Waals surface area contributed by atoms with Gasteiger partial charge in [-0.2, -0.15) is 0 Å². The number of rotatable bonds is 6. The number of anilines is 1. The summed E-state index contributed by atoms with van der Waals surface area (Å²) in [5.74, 6) is -0.307. The lowest BCUT2D eigenvalue weighted by Gasteiger charge is -2.01. The van der Waals surface area contributed by atoms with Crippen molar-refractivity contribution in [1.29, 1.82) is 0 Å². The van der Waals surface area contributed by atoms with E-state index in [9.17, 15) is 9.59 Å². The van der Waals surface area contributed by atoms with Gasteiger partial charge < -0.3 is 19.8 Å². The number of furan rings is 1. The van der Waals surface area contributed by atoms with Crippen LogP contribution in [0.4, 0.5) is 5.00 Å². The van der Waals surface area contributed by atoms with Gasteiger partial charge in [0.1, 0.15) is 0 Å². The Bertz CT molecular complexity index is 577. The second kappa shape index (κ2) is 6.88. The number of thiophene rings is 1. The quantitative estimate of drug-likeness (QED) is 0.798. The first-order valence-corrected chi connectivity index (χ1v) is 6.74. The number of ether oxygens (including phenoxy) is 1. The second-order valence-electron chi connectivity index (χ2n) is 3.84. The molecule has 0 fully saturated rings. The van der Waals surface area contributed by atoms with Crippen LogP contribution in [0, 0.1) is 0 Å². The van der Waals surface area contributed by atoms with E-state index in [0.717, 1.165) is 0 Å². The van der Waals surface area contributed by atoms with Crippen LogP contribution in [0.25, 0.3) is 0 Å². The molecular weight excluding hydrogens is 280 g/mol. The fourth-order valence-corrected chi connectivity index (χ4v) is 2.28. The summed E-state index contributed by atoms with van der Waals surface area (Å²) >= 11 is 1.20. The Morgan fingerprint density at radius 3 is 2.85 bits per heavy atom. The lowest BCUT2D eigenvalue weighted by atomic mass is 10.4. The summed E-state index contributed by atoms with van der Waals surface area (Å²) in [5, 5.41) is 5.96. The molecule has 2 aromatic rings. The Labute approximate surface area is 119 Å². The number of hydrogen-bond acceptors (Lipinski definition) is 5. The molecule has 0 unspecified atom stereocenters. The summed E-state index contributed by atoms with van der Waals surface area (Å²) in [7, 11) is 1.57. The van der Waals surface area contributed by atoms with E-state index in [0.29, 0.717) is 23.0 Å². The fourth-order valence-electron chi connectivity index (χ4n) is 1.46. The third kappa shape index (κ3) is 3.69. The minimum absolute atomic E-state index is 0.189. The predicted molar refractivity (Wildman–Crippen MR) is 75.2 cm³/mol. The number of hydrogen-bond donors (Lipinski definition) is 2. The number of amides is 2. The molecule has 0 aromatic carbocycles. The van der Waals surface area contributed by atoms with Crippen LogP contribution in [0.3, 0.4) is 0 Å². The molecule has 2 aromatic heterocycles. The Kier molecular flexibility index (Phi) is 4.91. The monoisotopic (exact) mass is 294 g/mol. The van der Waals surface area contributed by atoms with Crippen molar-refractivity contribution in [1.82, 2.24) is 5.32 Å². The van der Waals surface area contributed by atoms with E-state index in [4.69, 9.17) is 9.15 Å². The number of methoxy groups -OCH3 is 1. The van der Waals surface area contributed by atoms with Gasteiger partial charge in [0.05, 0.1) is 22.7 Å². The highest BCUT2D eigenvalue weighted by atomic mass is 32.1. The zero-order valence-electron chi connectivity index (χ0n) is 10.8. The first-order chi connectivity index (χ1) is 9.70. The first kappa shape index (κ1) is 14.3. The van der Waals surface area contributed by atoms with Gasteiger partial charge in [-0.25, -0.2) is 0 Å². The van der Waals surface area contributed by atoms with E-state index in [1.807, 2.05) is 0 Å². The number of carbonyl (C=O) groups excluding carboxylic acids is 2. The smallest absolute Gasteiger partial charge is 0.291 e. The average Bonchev–Trinajstić information content (AvgIpc) is 3.10. The van der Waals surface area contributed by atoms with Gasteiger partial charge >= 0.3 is 0 Å². The third-order valence-electron chi connectivity index (χ3n) is 2.40. The summed E-state index contributed by atoms with van der Waals surface area (Å²) < 4.78 is 9.84. The lowest BCUT2D eigenvalue weighted by Crippen LogP contribution is -2.26. The molecule has 2 heterocycles. The summed E-state index contributed by atoms with van der Waals surface area (Å²) in [5.41, 5.74) is 0. The van der Waals surface area contributed by atoms with E-state index < -0.39 is 0 Å². The van der Waals surface area contributed by atoms with Gasteiger partial charge in [0.15, 0.2) is 5.76 Å². The van der Waals surface area contributed by atoms with Crippen LogP contribution in [0.2, 0.25) is 0 Å². The highest BCUT2D eigenvalue weighted by molar-refractivity contribution is 7.18. The Balaban J connectivity index is 1.92. The molecule has 0 spiro atoms. The van der Waals surface area contributed by atoms with Crippen molar-refractivity contribution in [3.8, 4) is 0 Å². The number of carbonyl (C=O) groups is 2. The number of nitrogens with one attached hydrogen (secondary N) is 2. The molecule has 6 nitrogen and oxygen atoms in total. The summed E-state index contributed by atoms with van der Waals surface area (Å²) in [6, 6.07) is 6.54. The molecule has 0 atom stereocenters. The zero-order chi connectivity index (χ0) is 14.4. The molecule has 0 bridgehead atoms. The SMILES string of the molecule is COCCNC(=O)c1ccc(NC(=O)c2ccco2)s1. The molecule has 2 rings (SSSR count). The molecule has 7 heteroatoms. The van der Waals surface area contributed by atoms with E-state index in [1.54, 1.807) is 31.4 Å². The Hall–Kier alpha value is -2.12. The van der Waals surface area contributed by atoms with E-state index in [-0.39, 0.29) is 17.6 Å². The van der Waals surface area contributed by atoms with Gasteiger partial charge in [0.25, 0.3) is 11.8 Å². The molecule has 0 aliphatic rings. The fraction of sp³-hybridized carbons (Fsp3) is 0.231. The highest BCUT2D eigenvalue weighted by Gasteiger charge is 2.12. The van der Waals surface area contributed by atoms with E-state index in [1.165, 1.54) is 17.6 Å². The van der Waals surface area contributed by atoms with Crippen LogP contribution >= 0.6 is 11.3 Å². The van der Waals surface area contributed by atoms with Gasteiger partial charge in [-0.1, -0.05) is 0 Å². The summed E-state index contributed by atoms with van der Waals surface area (Å²) in [6.07, 6.45) is 1.43. The van der Waals surface area contributed by atoms with E-state index in [2.05, 4.69) is 10.6 Å². The van der Waals surface area contributed by atoms with Crippen LogP contribution in [0.1, 0.15) is 20.2 Å². The van der Waals surface area contributed by atoms with Crippen molar-refractivity contribution in [2.24, 2.45) is 0 Å². The molecular formula is C13H14N2O4S. The minimum atomic E-state index is -0.344. The maximum Gasteiger partial charge on any atom is 0.291 e. The van der Waals surface area contributed by atoms with Crippen molar-refractivity contribution < 1.29 is 18.7 Å². The van der Waals surface area contributed by atoms with Crippen molar-refractivity contribution in [3.63, 3.8) is 0 Å². The first-order valence-electron chi connectivity index (χ1n) is 5.92. The zero-order valence-corrected chi connectivity index (χ0v) is 11.7. The Morgan fingerprint density at radius 2 is 2.15 bits per heavy atom. The normalized spacial score (nSPS) is 10.2. The predicted octanol–water partition coefficient (Wildman–Crippen LogP) is 1.97. The molecule has 0 saturated carbocycles. The van der Waals surface area contributed by atoms with Crippen LogP contribution in [0.15, 0.2) is 34.9 Å². The molecule has 106 valence electrons. The maximum absolute atomic E-state index is 11.8. The van der Waals surface area contributed by atoms with Gasteiger partial charge in [-0.3, -0.25) is 9.59 Å². The van der Waals surface area contributed by atoms with Gasteiger partial charge in [-0.15, -0.1) is 11.3 Å². The second-order valence-corrected chi connectivity index (χ2v) is 4.93. The minimum Gasteiger partial charge on any atom is -0.459 e. The van der Waals surface area contributed by atoms with Crippen molar-refractivity contribution in [2.45, 2.75) is 0 Å². The Morgan fingerprint density at radius 1 is 1.30 bits per heavy atom. The summed E-state index contributed by atoms with van der Waals surface area (Å²) in [4.78, 5) is 24.0. The maximum atomic E-state index is 11.8. The molecule has 0 saturated heterocycles. The molecule has 20 heavy (non-hydrogen) atoms. The van der Waals surface area contributed by atoms with Crippen LogP contribution in [0.5, 0.6) is 0 Å². The van der Waals surface area contributed by atoms with Gasteiger partial charge in [0.2, 0.25) is 0 Å². The molecule has 0 radical (unpaired) electrons. The van der Waals surface area contributed by atoms with Gasteiger partial charge in [-0.05, 0) is 24.3 Å². The van der Waals surface area contributed by atoms with Crippen LogP contribution < -0.4 is 10.6 Å². The van der Waals surface area contributed by atoms with Crippen LogP contribution in [-0.2, 0) is 4.74 Å². The third-order valence-corrected chi connectivity index (χ3v) is 3.40. The molecule has 0 aliphatic heterocycles. The van der Waals surface area contributed by atoms with Gasteiger partial charge in [0, 0.05) is 13.7 Å². The largest absolute Gasteiger partial charge is 0.459 e. The summed E-state index contributed by atoms with van der Waals surface area (Å²) in [6.45, 7) is 0.903. The van der Waals surface area contributed by atoms with Crippen molar-refractivity contribution in [3.05, 3.63) is 41.2 Å². The van der Waals surface area contributed by atoms with Crippen molar-refractivity contribution >= 4 is 28.2 Å². The average molecular weight is 294 g/mol. The molecule has 0 aliphatic carbocycles. The van der Waals surface area contributed by atoms with Crippen molar-refractivity contribution in [2.75, 3.05) is 25.6 Å². The van der Waals surface area contributed by atoms with Crippen LogP contribution in [-0.4, -0.2) is 32.1 Å². The molecule has 2 N–H and O–H groups in total. The lowest BCUT2D eigenvalue weighted by molar-refractivity contribution is 0.0940. The highest BCUT2D eigenvalue weighted by Crippen LogP contribution is 2.22.